The van der Waals surface area contributed by atoms with E-state index >= 15 is 0 Å². The number of fused-ring (bicyclic) bond motifs is 1. The summed E-state index contributed by atoms with van der Waals surface area (Å²) >= 11 is 6.33. The topological polar surface area (TPSA) is 83.4 Å². The number of carbonyl (C=O) groups is 2. The standard InChI is InChI=1S/C28H18ClF7N4O2/c1-15(17-9-5-10-18(13-17)37-25(42)26(30,31)27(32,33)28(34,35)36)39-40-24(41)20-14-22(16-7-3-2-4-8-16)38-23-19(20)11-6-12-21(23)29/h2-14H,1H3,(H,37,42)(H,40,41). The summed E-state index contributed by atoms with van der Waals surface area (Å²) in [5.74, 6) is -16.2. The van der Waals surface area contributed by atoms with Crippen LogP contribution in [0.25, 0.3) is 22.2 Å². The molecule has 0 saturated heterocycles. The molecule has 4 aromatic rings. The highest BCUT2D eigenvalue weighted by molar-refractivity contribution is 6.35. The molecule has 0 aliphatic carbocycles. The summed E-state index contributed by atoms with van der Waals surface area (Å²) in [5, 5.41) is 6.07. The van der Waals surface area contributed by atoms with E-state index < -0.39 is 35.5 Å². The molecule has 0 radical (unpaired) electrons. The van der Waals surface area contributed by atoms with E-state index in [1.54, 1.807) is 48.5 Å². The molecule has 2 N–H and O–H groups in total. The highest BCUT2D eigenvalue weighted by Crippen LogP contribution is 2.47. The first-order chi connectivity index (χ1) is 19.6. The molecule has 0 unspecified atom stereocenters. The molecule has 3 aromatic carbocycles. The first-order valence-corrected chi connectivity index (χ1v) is 12.2. The van der Waals surface area contributed by atoms with Gasteiger partial charge in [0.25, 0.3) is 5.91 Å². The molecule has 218 valence electrons. The Balaban J connectivity index is 1.58. The van der Waals surface area contributed by atoms with Crippen LogP contribution in [0.5, 0.6) is 0 Å². The molecule has 0 atom stereocenters. The van der Waals surface area contributed by atoms with Crippen molar-refractivity contribution in [3.63, 3.8) is 0 Å². The van der Waals surface area contributed by atoms with Crippen molar-refractivity contribution in [3.8, 4) is 11.3 Å². The Morgan fingerprint density at radius 3 is 2.19 bits per heavy atom. The summed E-state index contributed by atoms with van der Waals surface area (Å²) in [6.07, 6.45) is -6.66. The summed E-state index contributed by atoms with van der Waals surface area (Å²) in [7, 11) is 0. The molecule has 0 spiro atoms. The Bertz CT molecular complexity index is 1690. The van der Waals surface area contributed by atoms with Gasteiger partial charge in [-0.2, -0.15) is 35.8 Å². The number of para-hydroxylation sites is 1. The molecular formula is C28H18ClF7N4O2. The van der Waals surface area contributed by atoms with Crippen molar-refractivity contribution in [1.82, 2.24) is 10.4 Å². The van der Waals surface area contributed by atoms with Gasteiger partial charge in [-0.15, -0.1) is 0 Å². The number of benzene rings is 3. The fraction of sp³-hybridized carbons (Fsp3) is 0.143. The lowest BCUT2D eigenvalue weighted by Gasteiger charge is -2.27. The predicted octanol–water partition coefficient (Wildman–Crippen LogP) is 7.48. The molecule has 0 aliphatic heterocycles. The van der Waals surface area contributed by atoms with Crippen molar-refractivity contribution >= 4 is 45.7 Å². The molecule has 0 aliphatic rings. The molecule has 0 bridgehead atoms. The number of hydrogen-bond acceptors (Lipinski definition) is 4. The zero-order valence-corrected chi connectivity index (χ0v) is 22.0. The highest BCUT2D eigenvalue weighted by atomic mass is 35.5. The third-order valence-corrected chi connectivity index (χ3v) is 6.31. The molecule has 0 fully saturated rings. The number of pyridine rings is 1. The zero-order chi connectivity index (χ0) is 30.9. The first-order valence-electron chi connectivity index (χ1n) is 11.9. The Kier molecular flexibility index (Phi) is 8.26. The van der Waals surface area contributed by atoms with Crippen LogP contribution in [0.15, 0.2) is 84.0 Å². The number of carbonyl (C=O) groups excluding carboxylic acids is 2. The minimum Gasteiger partial charge on any atom is -0.321 e. The minimum atomic E-state index is -6.66. The van der Waals surface area contributed by atoms with Crippen LogP contribution >= 0.6 is 11.6 Å². The summed E-state index contributed by atoms with van der Waals surface area (Å²) in [6.45, 7) is 1.39. The number of rotatable bonds is 7. The van der Waals surface area contributed by atoms with Crippen molar-refractivity contribution in [2.45, 2.75) is 24.9 Å². The second-order valence-corrected chi connectivity index (χ2v) is 9.28. The number of nitrogens with one attached hydrogen (secondary N) is 2. The third-order valence-electron chi connectivity index (χ3n) is 6.00. The van der Waals surface area contributed by atoms with Crippen molar-refractivity contribution in [1.29, 1.82) is 0 Å². The summed E-state index contributed by atoms with van der Waals surface area (Å²) in [5.41, 5.74) is 3.74. The van der Waals surface area contributed by atoms with Crippen LogP contribution in [-0.4, -0.2) is 40.5 Å². The van der Waals surface area contributed by atoms with E-state index in [0.717, 1.165) is 12.1 Å². The van der Waals surface area contributed by atoms with Crippen LogP contribution in [0, 0.1) is 0 Å². The number of hydrogen-bond donors (Lipinski definition) is 2. The monoisotopic (exact) mass is 610 g/mol. The second kappa shape index (κ2) is 11.4. The molecule has 1 aromatic heterocycles. The van der Waals surface area contributed by atoms with Gasteiger partial charge in [-0.25, -0.2) is 10.4 Å². The van der Waals surface area contributed by atoms with Gasteiger partial charge in [-0.05, 0) is 36.8 Å². The van der Waals surface area contributed by atoms with Gasteiger partial charge < -0.3 is 5.32 Å². The molecule has 2 amide bonds. The number of nitrogens with zero attached hydrogens (tertiary/aromatic N) is 2. The quantitative estimate of drug-likeness (QED) is 0.129. The molecule has 0 saturated carbocycles. The number of aromatic nitrogens is 1. The number of hydrazone groups is 1. The molecule has 1 heterocycles. The Hall–Kier alpha value is -4.52. The number of amides is 2. The summed E-state index contributed by atoms with van der Waals surface area (Å²) in [4.78, 5) is 29.5. The molecule has 42 heavy (non-hydrogen) atoms. The fourth-order valence-corrected chi connectivity index (χ4v) is 3.99. The van der Waals surface area contributed by atoms with Crippen LogP contribution in [0.1, 0.15) is 22.8 Å². The average Bonchev–Trinajstić information content (AvgIpc) is 2.95. The van der Waals surface area contributed by atoms with E-state index in [-0.39, 0.29) is 16.8 Å². The van der Waals surface area contributed by atoms with Crippen molar-refractivity contribution in [3.05, 3.63) is 95.0 Å². The van der Waals surface area contributed by atoms with Crippen LogP contribution in [0.3, 0.4) is 0 Å². The van der Waals surface area contributed by atoms with Gasteiger partial charge in [0.2, 0.25) is 0 Å². The lowest BCUT2D eigenvalue weighted by atomic mass is 10.0. The van der Waals surface area contributed by atoms with Gasteiger partial charge in [0.05, 0.1) is 27.5 Å². The third kappa shape index (κ3) is 5.91. The van der Waals surface area contributed by atoms with E-state index in [2.05, 4.69) is 15.5 Å². The van der Waals surface area contributed by atoms with Crippen LogP contribution in [-0.2, 0) is 4.79 Å². The Morgan fingerprint density at radius 1 is 0.857 bits per heavy atom. The maximum atomic E-state index is 13.7. The van der Waals surface area contributed by atoms with Crippen molar-refractivity contribution in [2.24, 2.45) is 5.10 Å². The number of halogens is 8. The van der Waals surface area contributed by atoms with E-state index in [1.807, 2.05) is 6.07 Å². The van der Waals surface area contributed by atoms with Crippen molar-refractivity contribution < 1.29 is 40.3 Å². The Labute approximate surface area is 238 Å². The average molecular weight is 611 g/mol. The van der Waals surface area contributed by atoms with E-state index in [4.69, 9.17) is 11.6 Å². The van der Waals surface area contributed by atoms with Gasteiger partial charge >= 0.3 is 23.9 Å². The first kappa shape index (κ1) is 30.4. The summed E-state index contributed by atoms with van der Waals surface area (Å²) < 4.78 is 91.1. The second-order valence-electron chi connectivity index (χ2n) is 8.88. The van der Waals surface area contributed by atoms with E-state index in [9.17, 15) is 40.3 Å². The largest absolute Gasteiger partial charge is 0.460 e. The smallest absolute Gasteiger partial charge is 0.321 e. The highest BCUT2D eigenvalue weighted by Gasteiger charge is 2.76. The predicted molar refractivity (Wildman–Crippen MR) is 143 cm³/mol. The zero-order valence-electron chi connectivity index (χ0n) is 21.2. The minimum absolute atomic E-state index is 0.0755. The fourth-order valence-electron chi connectivity index (χ4n) is 3.77. The van der Waals surface area contributed by atoms with Crippen molar-refractivity contribution in [2.75, 3.05) is 5.32 Å². The SMILES string of the molecule is CC(=NNC(=O)c1cc(-c2ccccc2)nc2c(Cl)cccc12)c1cccc(NC(=O)C(F)(F)C(F)(F)C(F)(F)F)c1. The lowest BCUT2D eigenvalue weighted by molar-refractivity contribution is -0.343. The van der Waals surface area contributed by atoms with Gasteiger partial charge in [-0.1, -0.05) is 66.2 Å². The van der Waals surface area contributed by atoms with E-state index in [0.29, 0.717) is 27.2 Å². The molecular weight excluding hydrogens is 593 g/mol. The normalized spacial score (nSPS) is 12.7. The van der Waals surface area contributed by atoms with Gasteiger partial charge in [0.1, 0.15) is 0 Å². The van der Waals surface area contributed by atoms with Gasteiger partial charge in [0, 0.05) is 16.6 Å². The maximum absolute atomic E-state index is 13.7. The lowest BCUT2D eigenvalue weighted by Crippen LogP contribution is -2.57. The van der Waals surface area contributed by atoms with Crippen LogP contribution in [0.2, 0.25) is 5.02 Å². The summed E-state index contributed by atoms with van der Waals surface area (Å²) in [6, 6.07) is 20.0. The maximum Gasteiger partial charge on any atom is 0.460 e. The van der Waals surface area contributed by atoms with Crippen LogP contribution in [0.4, 0.5) is 36.4 Å². The molecule has 6 nitrogen and oxygen atoms in total. The Morgan fingerprint density at radius 2 is 1.52 bits per heavy atom. The number of anilines is 1. The number of alkyl halides is 7. The van der Waals surface area contributed by atoms with Gasteiger partial charge in [0.15, 0.2) is 0 Å². The molecule has 4 rings (SSSR count). The van der Waals surface area contributed by atoms with E-state index in [1.165, 1.54) is 24.4 Å². The van der Waals surface area contributed by atoms with Gasteiger partial charge in [-0.3, -0.25) is 9.59 Å². The van der Waals surface area contributed by atoms with Crippen LogP contribution < -0.4 is 10.7 Å². The molecule has 14 heteroatoms.